The summed E-state index contributed by atoms with van der Waals surface area (Å²) in [5.41, 5.74) is 1.28. The van der Waals surface area contributed by atoms with E-state index in [0.717, 1.165) is 32.4 Å². The lowest BCUT2D eigenvalue weighted by Gasteiger charge is -2.20. The summed E-state index contributed by atoms with van der Waals surface area (Å²) in [5, 5.41) is 7.89. The van der Waals surface area contributed by atoms with Gasteiger partial charge in [0.2, 0.25) is 0 Å². The zero-order valence-corrected chi connectivity index (χ0v) is 11.6. The van der Waals surface area contributed by atoms with Crippen molar-refractivity contribution in [2.45, 2.75) is 51.2 Å². The molecule has 0 radical (unpaired) electrons. The van der Waals surface area contributed by atoms with Crippen molar-refractivity contribution >= 4 is 0 Å². The Hall–Kier alpha value is -0.870. The molecule has 102 valence electrons. The first-order valence-electron chi connectivity index (χ1n) is 7.14. The number of aromatic nitrogens is 2. The van der Waals surface area contributed by atoms with E-state index in [1.165, 1.54) is 18.5 Å². The molecular weight excluding hydrogens is 226 g/mol. The van der Waals surface area contributed by atoms with Gasteiger partial charge in [0.15, 0.2) is 0 Å². The molecule has 0 aromatic carbocycles. The molecule has 4 nitrogen and oxygen atoms in total. The normalized spacial score (nSPS) is 21.3. The minimum absolute atomic E-state index is 0.404. The molecule has 2 heterocycles. The fourth-order valence-corrected chi connectivity index (χ4v) is 2.62. The van der Waals surface area contributed by atoms with Gasteiger partial charge in [-0.3, -0.25) is 4.68 Å². The molecule has 1 fully saturated rings. The highest BCUT2D eigenvalue weighted by Crippen LogP contribution is 2.23. The smallest absolute Gasteiger partial charge is 0.0576 e. The van der Waals surface area contributed by atoms with Crippen LogP contribution in [0.4, 0.5) is 0 Å². The van der Waals surface area contributed by atoms with Gasteiger partial charge in [-0.15, -0.1) is 0 Å². The predicted octanol–water partition coefficient (Wildman–Crippen LogP) is 2.42. The summed E-state index contributed by atoms with van der Waals surface area (Å²) in [7, 11) is 2.02. The standard InChI is InChI=1S/C14H25N3O/c1-3-9-15-13(14-8-10-16-17(14)2)7-6-12-5-4-11-18-12/h8,10,12-13,15H,3-7,9,11H2,1-2H3. The summed E-state index contributed by atoms with van der Waals surface area (Å²) in [5.74, 6) is 0. The van der Waals surface area contributed by atoms with Crippen molar-refractivity contribution in [3.8, 4) is 0 Å². The second-order valence-corrected chi connectivity index (χ2v) is 5.10. The maximum atomic E-state index is 5.71. The van der Waals surface area contributed by atoms with E-state index in [9.17, 15) is 0 Å². The van der Waals surface area contributed by atoms with Crippen LogP contribution < -0.4 is 5.32 Å². The summed E-state index contributed by atoms with van der Waals surface area (Å²) < 4.78 is 7.68. The quantitative estimate of drug-likeness (QED) is 0.809. The van der Waals surface area contributed by atoms with Gasteiger partial charge in [0.25, 0.3) is 0 Å². The van der Waals surface area contributed by atoms with E-state index in [-0.39, 0.29) is 0 Å². The molecule has 2 unspecified atom stereocenters. The number of nitrogens with one attached hydrogen (secondary N) is 1. The van der Waals surface area contributed by atoms with Crippen LogP contribution in [0.1, 0.15) is 50.8 Å². The van der Waals surface area contributed by atoms with Crippen molar-refractivity contribution in [3.05, 3.63) is 18.0 Å². The fraction of sp³-hybridized carbons (Fsp3) is 0.786. The third-order valence-corrected chi connectivity index (χ3v) is 3.66. The van der Waals surface area contributed by atoms with E-state index in [4.69, 9.17) is 4.74 Å². The van der Waals surface area contributed by atoms with Crippen molar-refractivity contribution in [2.75, 3.05) is 13.2 Å². The van der Waals surface area contributed by atoms with E-state index >= 15 is 0 Å². The number of hydrogen-bond donors (Lipinski definition) is 1. The molecule has 0 bridgehead atoms. The van der Waals surface area contributed by atoms with Gasteiger partial charge in [-0.25, -0.2) is 0 Å². The Kier molecular flexibility index (Phi) is 5.20. The fourth-order valence-electron chi connectivity index (χ4n) is 2.62. The minimum atomic E-state index is 0.404. The van der Waals surface area contributed by atoms with Crippen LogP contribution in [0, 0.1) is 0 Å². The summed E-state index contributed by atoms with van der Waals surface area (Å²) in [4.78, 5) is 0. The highest BCUT2D eigenvalue weighted by atomic mass is 16.5. The van der Waals surface area contributed by atoms with Crippen LogP contribution in [0.15, 0.2) is 12.3 Å². The van der Waals surface area contributed by atoms with Crippen LogP contribution in [0.2, 0.25) is 0 Å². The minimum Gasteiger partial charge on any atom is -0.378 e. The van der Waals surface area contributed by atoms with Gasteiger partial charge in [-0.1, -0.05) is 6.92 Å². The molecule has 0 amide bonds. The van der Waals surface area contributed by atoms with Crippen molar-refractivity contribution in [1.29, 1.82) is 0 Å². The molecule has 1 N–H and O–H groups in total. The number of aryl methyl sites for hydroxylation is 1. The van der Waals surface area contributed by atoms with Gasteiger partial charge >= 0.3 is 0 Å². The molecule has 2 atom stereocenters. The van der Waals surface area contributed by atoms with Crippen molar-refractivity contribution < 1.29 is 4.74 Å². The van der Waals surface area contributed by atoms with Crippen LogP contribution in [0.25, 0.3) is 0 Å². The van der Waals surface area contributed by atoms with Crippen molar-refractivity contribution in [2.24, 2.45) is 7.05 Å². The Morgan fingerprint density at radius 1 is 1.61 bits per heavy atom. The first kappa shape index (κ1) is 13.6. The molecule has 4 heteroatoms. The molecule has 1 saturated heterocycles. The zero-order valence-electron chi connectivity index (χ0n) is 11.6. The molecule has 2 rings (SSSR count). The van der Waals surface area contributed by atoms with E-state index in [1.54, 1.807) is 0 Å². The molecule has 0 spiro atoms. The molecular formula is C14H25N3O. The van der Waals surface area contributed by atoms with Gasteiger partial charge in [-0.05, 0) is 44.7 Å². The molecule has 18 heavy (non-hydrogen) atoms. The zero-order chi connectivity index (χ0) is 12.8. The molecule has 1 aliphatic rings. The average Bonchev–Trinajstić information content (AvgIpc) is 3.01. The third-order valence-electron chi connectivity index (χ3n) is 3.66. The van der Waals surface area contributed by atoms with Crippen molar-refractivity contribution in [1.82, 2.24) is 15.1 Å². The molecule has 0 aliphatic carbocycles. The number of rotatable bonds is 7. The van der Waals surface area contributed by atoms with Crippen LogP contribution in [0.5, 0.6) is 0 Å². The summed E-state index contributed by atoms with van der Waals surface area (Å²) in [6, 6.07) is 2.52. The Morgan fingerprint density at radius 3 is 3.11 bits per heavy atom. The summed E-state index contributed by atoms with van der Waals surface area (Å²) in [6.07, 6.45) is 8.24. The van der Waals surface area contributed by atoms with Crippen LogP contribution in [0.3, 0.4) is 0 Å². The van der Waals surface area contributed by atoms with Gasteiger partial charge in [-0.2, -0.15) is 5.10 Å². The van der Waals surface area contributed by atoms with Gasteiger partial charge in [0.05, 0.1) is 11.8 Å². The van der Waals surface area contributed by atoms with E-state index in [0.29, 0.717) is 12.1 Å². The molecule has 1 aromatic heterocycles. The Morgan fingerprint density at radius 2 is 2.50 bits per heavy atom. The lowest BCUT2D eigenvalue weighted by molar-refractivity contribution is 0.0993. The third kappa shape index (κ3) is 3.56. The molecule has 1 aliphatic heterocycles. The highest BCUT2D eigenvalue weighted by Gasteiger charge is 2.20. The maximum absolute atomic E-state index is 5.71. The lowest BCUT2D eigenvalue weighted by atomic mass is 10.0. The average molecular weight is 251 g/mol. The predicted molar refractivity (Wildman–Crippen MR) is 72.5 cm³/mol. The van der Waals surface area contributed by atoms with Gasteiger partial charge < -0.3 is 10.1 Å². The van der Waals surface area contributed by atoms with Gasteiger partial charge in [0, 0.05) is 25.9 Å². The highest BCUT2D eigenvalue weighted by molar-refractivity contribution is 5.06. The van der Waals surface area contributed by atoms with Gasteiger partial charge in [0.1, 0.15) is 0 Å². The maximum Gasteiger partial charge on any atom is 0.0576 e. The Labute approximate surface area is 110 Å². The number of hydrogen-bond acceptors (Lipinski definition) is 3. The van der Waals surface area contributed by atoms with E-state index in [2.05, 4.69) is 23.4 Å². The second kappa shape index (κ2) is 6.90. The Bertz CT molecular complexity index is 345. The SMILES string of the molecule is CCCNC(CCC1CCCO1)c1ccnn1C. The second-order valence-electron chi connectivity index (χ2n) is 5.10. The Balaban J connectivity index is 1.90. The first-order valence-corrected chi connectivity index (χ1v) is 7.14. The van der Waals surface area contributed by atoms with E-state index in [1.807, 2.05) is 17.9 Å². The molecule has 1 aromatic rings. The van der Waals surface area contributed by atoms with Crippen LogP contribution in [-0.2, 0) is 11.8 Å². The lowest BCUT2D eigenvalue weighted by Crippen LogP contribution is -2.25. The first-order chi connectivity index (χ1) is 8.81. The monoisotopic (exact) mass is 251 g/mol. The largest absolute Gasteiger partial charge is 0.378 e. The van der Waals surface area contributed by atoms with Crippen molar-refractivity contribution in [3.63, 3.8) is 0 Å². The van der Waals surface area contributed by atoms with Crippen LogP contribution >= 0.6 is 0 Å². The summed E-state index contributed by atoms with van der Waals surface area (Å²) >= 11 is 0. The van der Waals surface area contributed by atoms with Crippen LogP contribution in [-0.4, -0.2) is 29.0 Å². The topological polar surface area (TPSA) is 39.1 Å². The van der Waals surface area contributed by atoms with E-state index < -0.39 is 0 Å². The summed E-state index contributed by atoms with van der Waals surface area (Å²) in [6.45, 7) is 4.21. The number of nitrogens with zero attached hydrogens (tertiary/aromatic N) is 2. The molecule has 0 saturated carbocycles. The number of ether oxygens (including phenoxy) is 1.